The zero-order chi connectivity index (χ0) is 18.5. The molecule has 1 aliphatic heterocycles. The van der Waals surface area contributed by atoms with Gasteiger partial charge in [-0.2, -0.15) is 5.10 Å². The van der Waals surface area contributed by atoms with Crippen LogP contribution in [-0.4, -0.2) is 27.7 Å². The van der Waals surface area contributed by atoms with E-state index in [0.29, 0.717) is 11.4 Å². The van der Waals surface area contributed by atoms with Crippen molar-refractivity contribution in [3.05, 3.63) is 70.7 Å². The predicted octanol–water partition coefficient (Wildman–Crippen LogP) is 4.27. The molecule has 0 aromatic heterocycles. The highest BCUT2D eigenvalue weighted by molar-refractivity contribution is 6.31. The van der Waals surface area contributed by atoms with Crippen molar-refractivity contribution < 1.29 is 14.7 Å². The van der Waals surface area contributed by atoms with Crippen LogP contribution in [0.5, 0.6) is 0 Å². The molecule has 134 valence electrons. The zero-order valence-electron chi connectivity index (χ0n) is 14.1. The summed E-state index contributed by atoms with van der Waals surface area (Å²) in [6.45, 7) is 0. The summed E-state index contributed by atoms with van der Waals surface area (Å²) in [4.78, 5) is 23.4. The quantitative estimate of drug-likeness (QED) is 0.825. The Morgan fingerprint density at radius 2 is 1.77 bits per heavy atom. The van der Waals surface area contributed by atoms with Crippen molar-refractivity contribution >= 4 is 29.2 Å². The monoisotopic (exact) mass is 370 g/mol. The van der Waals surface area contributed by atoms with E-state index < -0.39 is 5.97 Å². The second kappa shape index (κ2) is 8.15. The molecule has 1 heterocycles. The van der Waals surface area contributed by atoms with Gasteiger partial charge < -0.3 is 5.11 Å². The lowest BCUT2D eigenvalue weighted by molar-refractivity contribution is -0.137. The number of hydrazone groups is 1. The Kier molecular flexibility index (Phi) is 5.68. The van der Waals surface area contributed by atoms with Gasteiger partial charge in [-0.3, -0.25) is 9.59 Å². The predicted molar refractivity (Wildman–Crippen MR) is 100 cm³/mol. The van der Waals surface area contributed by atoms with Crippen molar-refractivity contribution in [2.24, 2.45) is 5.10 Å². The summed E-state index contributed by atoms with van der Waals surface area (Å²) in [6.07, 6.45) is 0.957. The Bertz CT molecular complexity index is 836. The first kappa shape index (κ1) is 18.1. The van der Waals surface area contributed by atoms with Crippen molar-refractivity contribution in [3.8, 4) is 0 Å². The minimum Gasteiger partial charge on any atom is -0.481 e. The second-order valence-corrected chi connectivity index (χ2v) is 6.55. The van der Waals surface area contributed by atoms with E-state index in [2.05, 4.69) is 5.10 Å². The molecule has 0 saturated heterocycles. The van der Waals surface area contributed by atoms with Crippen molar-refractivity contribution in [3.63, 3.8) is 0 Å². The van der Waals surface area contributed by atoms with Gasteiger partial charge in [0.1, 0.15) is 0 Å². The van der Waals surface area contributed by atoms with E-state index in [4.69, 9.17) is 16.7 Å². The topological polar surface area (TPSA) is 70.0 Å². The highest BCUT2D eigenvalue weighted by Crippen LogP contribution is 2.36. The van der Waals surface area contributed by atoms with Crippen molar-refractivity contribution in [1.82, 2.24) is 5.01 Å². The summed E-state index contributed by atoms with van der Waals surface area (Å²) in [7, 11) is 0. The van der Waals surface area contributed by atoms with Gasteiger partial charge in [0.2, 0.25) is 5.91 Å². The fourth-order valence-corrected chi connectivity index (χ4v) is 3.30. The number of carboxylic acid groups (broad SMARTS) is 1. The summed E-state index contributed by atoms with van der Waals surface area (Å²) < 4.78 is 0. The number of rotatable bonds is 6. The molecule has 5 nitrogen and oxygen atoms in total. The molecule has 0 fully saturated rings. The van der Waals surface area contributed by atoms with Crippen LogP contribution in [0.3, 0.4) is 0 Å². The normalized spacial score (nSPS) is 16.4. The molecule has 3 rings (SSSR count). The second-order valence-electron chi connectivity index (χ2n) is 6.14. The van der Waals surface area contributed by atoms with Gasteiger partial charge in [-0.15, -0.1) is 0 Å². The van der Waals surface area contributed by atoms with Crippen LogP contribution in [0, 0.1) is 0 Å². The van der Waals surface area contributed by atoms with E-state index in [1.807, 2.05) is 48.5 Å². The van der Waals surface area contributed by atoms with Gasteiger partial charge in [-0.1, -0.05) is 60.1 Å². The largest absolute Gasteiger partial charge is 0.481 e. The number of carbonyl (C=O) groups is 2. The number of amides is 1. The first-order valence-electron chi connectivity index (χ1n) is 8.47. The van der Waals surface area contributed by atoms with E-state index >= 15 is 0 Å². The van der Waals surface area contributed by atoms with Crippen LogP contribution < -0.4 is 0 Å². The maximum atomic E-state index is 12.7. The molecular formula is C20H19ClN2O3. The first-order valence-corrected chi connectivity index (χ1v) is 8.85. The number of hydrogen-bond acceptors (Lipinski definition) is 3. The van der Waals surface area contributed by atoms with Crippen LogP contribution in [0.15, 0.2) is 59.7 Å². The van der Waals surface area contributed by atoms with Crippen LogP contribution in [0.2, 0.25) is 5.02 Å². The summed E-state index contributed by atoms with van der Waals surface area (Å²) >= 11 is 6.35. The van der Waals surface area contributed by atoms with Gasteiger partial charge in [0.25, 0.3) is 0 Å². The lowest BCUT2D eigenvalue weighted by Crippen LogP contribution is -2.27. The van der Waals surface area contributed by atoms with Crippen LogP contribution in [0.1, 0.15) is 42.9 Å². The SMILES string of the molecule is O=C(O)CCCC(=O)N1N=C(c2ccccc2)CC1c1ccccc1Cl. The molecule has 0 bridgehead atoms. The number of nitrogens with zero attached hydrogens (tertiary/aromatic N) is 2. The molecule has 0 aliphatic carbocycles. The summed E-state index contributed by atoms with van der Waals surface area (Å²) in [6, 6.07) is 16.9. The third kappa shape index (κ3) is 4.11. The van der Waals surface area contributed by atoms with Crippen molar-refractivity contribution in [2.75, 3.05) is 0 Å². The maximum Gasteiger partial charge on any atom is 0.303 e. The van der Waals surface area contributed by atoms with E-state index in [1.165, 1.54) is 5.01 Å². The number of halogens is 1. The lowest BCUT2D eigenvalue weighted by atomic mass is 9.98. The Morgan fingerprint density at radius 1 is 1.08 bits per heavy atom. The number of carbonyl (C=O) groups excluding carboxylic acids is 1. The van der Waals surface area contributed by atoms with Crippen LogP contribution in [0.4, 0.5) is 0 Å². The van der Waals surface area contributed by atoms with E-state index in [1.54, 1.807) is 6.07 Å². The molecule has 2 aromatic carbocycles. The summed E-state index contributed by atoms with van der Waals surface area (Å²) in [5, 5.41) is 15.4. The Hall–Kier alpha value is -2.66. The molecule has 0 spiro atoms. The fraction of sp³-hybridized carbons (Fsp3) is 0.250. The molecule has 26 heavy (non-hydrogen) atoms. The average molecular weight is 371 g/mol. The van der Waals surface area contributed by atoms with E-state index in [9.17, 15) is 9.59 Å². The van der Waals surface area contributed by atoms with Crippen molar-refractivity contribution in [1.29, 1.82) is 0 Å². The van der Waals surface area contributed by atoms with Crippen LogP contribution in [-0.2, 0) is 9.59 Å². The van der Waals surface area contributed by atoms with E-state index in [0.717, 1.165) is 16.8 Å². The molecule has 0 radical (unpaired) electrons. The molecule has 1 N–H and O–H groups in total. The fourth-order valence-electron chi connectivity index (χ4n) is 3.04. The van der Waals surface area contributed by atoms with Crippen LogP contribution >= 0.6 is 11.6 Å². The third-order valence-electron chi connectivity index (χ3n) is 4.32. The van der Waals surface area contributed by atoms with Gasteiger partial charge in [-0.05, 0) is 23.6 Å². The third-order valence-corrected chi connectivity index (χ3v) is 4.66. The average Bonchev–Trinajstić information content (AvgIpc) is 3.08. The van der Waals surface area contributed by atoms with Gasteiger partial charge in [0, 0.05) is 24.3 Å². The first-order chi connectivity index (χ1) is 12.6. The number of carboxylic acids is 1. The number of hydrogen-bond donors (Lipinski definition) is 1. The Labute approximate surface area is 156 Å². The van der Waals surface area contributed by atoms with E-state index in [-0.39, 0.29) is 31.2 Å². The van der Waals surface area contributed by atoms with Gasteiger partial charge in [0.15, 0.2) is 0 Å². The molecule has 1 amide bonds. The standard InChI is InChI=1S/C20H19ClN2O3/c21-16-10-5-4-9-15(16)18-13-17(14-7-2-1-3-8-14)22-23(18)19(24)11-6-12-20(25)26/h1-5,7-10,18H,6,11-13H2,(H,25,26). The smallest absolute Gasteiger partial charge is 0.303 e. The maximum absolute atomic E-state index is 12.7. The molecule has 0 saturated carbocycles. The molecule has 6 heteroatoms. The minimum absolute atomic E-state index is 0.0361. The van der Waals surface area contributed by atoms with Gasteiger partial charge in [-0.25, -0.2) is 5.01 Å². The molecule has 1 atom stereocenters. The molecule has 1 aliphatic rings. The highest BCUT2D eigenvalue weighted by atomic mass is 35.5. The molecule has 2 aromatic rings. The van der Waals surface area contributed by atoms with Crippen LogP contribution in [0.25, 0.3) is 0 Å². The molecule has 1 unspecified atom stereocenters. The minimum atomic E-state index is -0.907. The summed E-state index contributed by atoms with van der Waals surface area (Å²) in [5.74, 6) is -1.10. The van der Waals surface area contributed by atoms with Gasteiger partial charge in [0.05, 0.1) is 11.8 Å². The van der Waals surface area contributed by atoms with Gasteiger partial charge >= 0.3 is 5.97 Å². The summed E-state index contributed by atoms with van der Waals surface area (Å²) in [5.41, 5.74) is 2.63. The van der Waals surface area contributed by atoms with Crippen molar-refractivity contribution in [2.45, 2.75) is 31.7 Å². The Balaban J connectivity index is 1.87. The lowest BCUT2D eigenvalue weighted by Gasteiger charge is -2.22. The number of benzene rings is 2. The number of aliphatic carboxylic acids is 1. The molecular weight excluding hydrogens is 352 g/mol. The highest BCUT2D eigenvalue weighted by Gasteiger charge is 2.33. The Morgan fingerprint density at radius 3 is 2.46 bits per heavy atom. The zero-order valence-corrected chi connectivity index (χ0v) is 14.9.